The van der Waals surface area contributed by atoms with Gasteiger partial charge < -0.3 is 0 Å². The molecule has 2 aromatic carbocycles. The lowest BCUT2D eigenvalue weighted by Gasteiger charge is -2.21. The minimum absolute atomic E-state index is 0.0558. The lowest BCUT2D eigenvalue weighted by Crippen LogP contribution is -2.04. The summed E-state index contributed by atoms with van der Waals surface area (Å²) in [6, 6.07) is 3.29. The molecule has 0 nitrogen and oxygen atoms in total. The molecule has 2 aromatic rings. The monoisotopic (exact) mass is 504 g/mol. The summed E-state index contributed by atoms with van der Waals surface area (Å²) >= 11 is 57.4. The van der Waals surface area contributed by atoms with E-state index in [9.17, 15) is 0 Å². The van der Waals surface area contributed by atoms with Crippen molar-refractivity contribution in [3.8, 4) is 11.1 Å². The van der Waals surface area contributed by atoms with Crippen molar-refractivity contribution in [3.05, 3.63) is 42.8 Å². The average Bonchev–Trinajstić information content (AvgIpc) is 2.44. The Labute approximate surface area is 184 Å². The maximum atomic E-state index is 6.28. The van der Waals surface area contributed by atoms with E-state index in [2.05, 4.69) is 25.3 Å². The lowest BCUT2D eigenvalue weighted by molar-refractivity contribution is 1.08. The third kappa shape index (κ3) is 3.93. The summed E-state index contributed by atoms with van der Waals surface area (Å²) in [6.45, 7) is 0. The van der Waals surface area contributed by atoms with Crippen molar-refractivity contribution in [1.82, 2.24) is 0 Å². The first-order chi connectivity index (χ1) is 10.5. The number of benzene rings is 2. The topological polar surface area (TPSA) is 0 Å². The van der Waals surface area contributed by atoms with Crippen LogP contribution in [0, 0.1) is 0 Å². The fraction of sp³-hybridized carbons (Fsp3) is 0.0769. The maximum Gasteiger partial charge on any atom is 0.218 e. The van der Waals surface area contributed by atoms with Gasteiger partial charge in [0.15, 0.2) is 0 Å². The van der Waals surface area contributed by atoms with Gasteiger partial charge in [0.25, 0.3) is 0 Å². The molecule has 0 unspecified atom stereocenters. The molecule has 0 bridgehead atoms. The third-order valence-corrected chi connectivity index (χ3v) is 6.60. The standard InChI is InChI=1S/C13H4Cl8S2/c14-7-5(8(15)10(17)11(18)9(7)16)3-1-2-4(22)6(12(3)23)13(19,20)21/h1-2,22-23H. The fourth-order valence-corrected chi connectivity index (χ4v) is 5.15. The number of alkyl halides is 3. The van der Waals surface area contributed by atoms with Crippen molar-refractivity contribution in [3.63, 3.8) is 0 Å². The van der Waals surface area contributed by atoms with Crippen LogP contribution in [0.3, 0.4) is 0 Å². The Morgan fingerprint density at radius 3 is 1.57 bits per heavy atom. The Bertz CT molecular complexity index is 769. The third-order valence-electron chi connectivity index (χ3n) is 2.92. The first kappa shape index (κ1) is 20.8. The van der Waals surface area contributed by atoms with Crippen LogP contribution in [0.15, 0.2) is 21.9 Å². The van der Waals surface area contributed by atoms with E-state index in [0.29, 0.717) is 20.9 Å². The van der Waals surface area contributed by atoms with Gasteiger partial charge in [-0.3, -0.25) is 0 Å². The summed E-state index contributed by atoms with van der Waals surface area (Å²) in [5.74, 6) is 0. The fourth-order valence-electron chi connectivity index (χ4n) is 1.90. The molecule has 0 heterocycles. The molecule has 2 rings (SSSR count). The molecule has 23 heavy (non-hydrogen) atoms. The predicted octanol–water partition coefficient (Wildman–Crippen LogP) is 9.02. The van der Waals surface area contributed by atoms with Crippen LogP contribution >= 0.6 is 118 Å². The molecular formula is C13H4Cl8S2. The predicted molar refractivity (Wildman–Crippen MR) is 111 cm³/mol. The van der Waals surface area contributed by atoms with Gasteiger partial charge in [0, 0.05) is 20.9 Å². The summed E-state index contributed by atoms with van der Waals surface area (Å²) in [7, 11) is 0. The first-order valence-electron chi connectivity index (χ1n) is 5.62. The Balaban J connectivity index is 2.90. The lowest BCUT2D eigenvalue weighted by atomic mass is 10.0. The van der Waals surface area contributed by atoms with Crippen LogP contribution < -0.4 is 0 Å². The number of hydrogen-bond acceptors (Lipinski definition) is 2. The van der Waals surface area contributed by atoms with Crippen LogP contribution in [0.25, 0.3) is 11.1 Å². The molecule has 0 atom stereocenters. The number of rotatable bonds is 1. The van der Waals surface area contributed by atoms with E-state index >= 15 is 0 Å². The van der Waals surface area contributed by atoms with Crippen molar-refractivity contribution in [2.45, 2.75) is 13.6 Å². The summed E-state index contributed by atoms with van der Waals surface area (Å²) in [5, 5.41) is 0.416. The highest BCUT2D eigenvalue weighted by atomic mass is 35.6. The highest BCUT2D eigenvalue weighted by Gasteiger charge is 2.31. The van der Waals surface area contributed by atoms with E-state index in [1.807, 2.05) is 0 Å². The van der Waals surface area contributed by atoms with Crippen LogP contribution in [0.4, 0.5) is 0 Å². The second kappa shape index (κ2) is 7.60. The molecule has 10 heteroatoms. The number of halogens is 8. The Kier molecular flexibility index (Phi) is 6.86. The van der Waals surface area contributed by atoms with E-state index in [1.165, 1.54) is 0 Å². The van der Waals surface area contributed by atoms with Gasteiger partial charge in [-0.15, -0.1) is 25.3 Å². The molecule has 0 radical (unpaired) electrons. The Morgan fingerprint density at radius 1 is 0.696 bits per heavy atom. The van der Waals surface area contributed by atoms with Crippen LogP contribution in [0.5, 0.6) is 0 Å². The molecule has 0 amide bonds. The molecule has 0 aromatic heterocycles. The summed E-state index contributed by atoms with van der Waals surface area (Å²) < 4.78 is -1.75. The minimum Gasteiger partial charge on any atom is -0.143 e. The summed E-state index contributed by atoms with van der Waals surface area (Å²) in [4.78, 5) is 0.771. The zero-order chi connectivity index (χ0) is 17.7. The van der Waals surface area contributed by atoms with Crippen molar-refractivity contribution >= 4 is 118 Å². The molecule has 0 saturated heterocycles. The van der Waals surface area contributed by atoms with Gasteiger partial charge in [-0.05, 0) is 11.6 Å². The van der Waals surface area contributed by atoms with E-state index in [0.717, 1.165) is 0 Å². The van der Waals surface area contributed by atoms with Gasteiger partial charge >= 0.3 is 0 Å². The Hall–Kier alpha value is 1.46. The zero-order valence-corrected chi connectivity index (χ0v) is 18.4. The summed E-state index contributed by atoms with van der Waals surface area (Å²) in [6.07, 6.45) is 0. The number of hydrogen-bond donors (Lipinski definition) is 2. The molecule has 0 N–H and O–H groups in total. The van der Waals surface area contributed by atoms with E-state index in [1.54, 1.807) is 12.1 Å². The molecule has 0 spiro atoms. The second-order valence-electron chi connectivity index (χ2n) is 4.30. The molecule has 0 aliphatic heterocycles. The highest BCUT2D eigenvalue weighted by molar-refractivity contribution is 7.81. The van der Waals surface area contributed by atoms with Gasteiger partial charge in [0.05, 0.1) is 25.1 Å². The second-order valence-corrected chi connectivity index (χ2v) is 9.40. The number of thiol groups is 2. The van der Waals surface area contributed by atoms with Gasteiger partial charge in [0.2, 0.25) is 3.79 Å². The van der Waals surface area contributed by atoms with Crippen LogP contribution in [-0.2, 0) is 3.79 Å². The van der Waals surface area contributed by atoms with Crippen LogP contribution in [-0.4, -0.2) is 0 Å². The van der Waals surface area contributed by atoms with Gasteiger partial charge in [-0.25, -0.2) is 0 Å². The molecule has 0 aliphatic rings. The highest BCUT2D eigenvalue weighted by Crippen LogP contribution is 2.52. The molecule has 0 fully saturated rings. The average molecular weight is 508 g/mol. The van der Waals surface area contributed by atoms with Gasteiger partial charge in [-0.1, -0.05) is 98.9 Å². The van der Waals surface area contributed by atoms with Crippen LogP contribution in [0.2, 0.25) is 25.1 Å². The maximum absolute atomic E-state index is 6.28. The minimum atomic E-state index is -1.75. The van der Waals surface area contributed by atoms with Gasteiger partial charge in [-0.2, -0.15) is 0 Å². The van der Waals surface area contributed by atoms with Crippen molar-refractivity contribution in [2.75, 3.05) is 0 Å². The molecule has 124 valence electrons. The first-order valence-corrected chi connectivity index (χ1v) is 9.54. The SMILES string of the molecule is Sc1ccc(-c2c(Cl)c(Cl)c(Cl)c(Cl)c2Cl)c(S)c1C(Cl)(Cl)Cl. The van der Waals surface area contributed by atoms with Crippen molar-refractivity contribution < 1.29 is 0 Å². The smallest absolute Gasteiger partial charge is 0.143 e. The zero-order valence-electron chi connectivity index (χ0n) is 10.6. The molecular weight excluding hydrogens is 504 g/mol. The van der Waals surface area contributed by atoms with Gasteiger partial charge in [0.1, 0.15) is 0 Å². The quantitative estimate of drug-likeness (QED) is 0.163. The normalized spacial score (nSPS) is 11.9. The van der Waals surface area contributed by atoms with E-state index in [4.69, 9.17) is 92.8 Å². The Morgan fingerprint density at radius 2 is 1.13 bits per heavy atom. The molecule has 0 aliphatic carbocycles. The van der Waals surface area contributed by atoms with E-state index < -0.39 is 3.79 Å². The van der Waals surface area contributed by atoms with Crippen molar-refractivity contribution in [1.29, 1.82) is 0 Å². The van der Waals surface area contributed by atoms with Crippen molar-refractivity contribution in [2.24, 2.45) is 0 Å². The van der Waals surface area contributed by atoms with Crippen LogP contribution in [0.1, 0.15) is 5.56 Å². The summed E-state index contributed by atoms with van der Waals surface area (Å²) in [5.41, 5.74) is 1.09. The largest absolute Gasteiger partial charge is 0.218 e. The van der Waals surface area contributed by atoms with E-state index in [-0.39, 0.29) is 30.7 Å². The molecule has 0 saturated carbocycles.